The molecule has 0 heterocycles. The Balaban J connectivity index is 5.48. The number of rotatable bonds is 8. The standard InChI is InChI=1S/C9H15F3N5O7PS/c1-23-7(21)13-15-25(26,16-14-8(22)24-2)4-17(3-5(18)19)6(20)9(10,11)12/h3-4H2,1-2H3,(H,13,21)(H,14,22)(H,18,19)(H2,15,16,26). The first-order chi connectivity index (χ1) is 11.8. The Labute approximate surface area is 149 Å². The second kappa shape index (κ2) is 10.1. The van der Waals surface area contributed by atoms with Crippen molar-refractivity contribution in [1.82, 2.24) is 26.1 Å². The van der Waals surface area contributed by atoms with Gasteiger partial charge in [-0.05, 0) is 0 Å². The van der Waals surface area contributed by atoms with Gasteiger partial charge in [-0.15, -0.1) is 0 Å². The lowest BCUT2D eigenvalue weighted by Gasteiger charge is -2.30. The number of hydrazine groups is 2. The minimum absolute atomic E-state index is 0.110. The van der Waals surface area contributed by atoms with Crippen LogP contribution < -0.4 is 21.2 Å². The lowest BCUT2D eigenvalue weighted by atomic mass is 10.5. The van der Waals surface area contributed by atoms with E-state index in [-0.39, 0.29) is 4.90 Å². The molecule has 0 aromatic heterocycles. The summed E-state index contributed by atoms with van der Waals surface area (Å²) in [6.45, 7) is -1.34. The Hall–Kier alpha value is -2.16. The number of carbonyl (C=O) groups excluding carboxylic acids is 3. The average molecular weight is 425 g/mol. The molecule has 5 N–H and O–H groups in total. The second-order valence-electron chi connectivity index (χ2n) is 4.23. The molecule has 0 saturated heterocycles. The van der Waals surface area contributed by atoms with E-state index in [0.29, 0.717) is 0 Å². The number of amides is 3. The number of aliphatic carboxylic acids is 1. The molecule has 0 aromatic rings. The molecule has 0 aromatic carbocycles. The molecule has 0 aliphatic carbocycles. The van der Waals surface area contributed by atoms with E-state index in [9.17, 15) is 32.3 Å². The maximum absolute atomic E-state index is 12.6. The molecule has 0 unspecified atom stereocenters. The molecule has 0 fully saturated rings. The summed E-state index contributed by atoms with van der Waals surface area (Å²) < 4.78 is 46.4. The Morgan fingerprint density at radius 2 is 1.50 bits per heavy atom. The van der Waals surface area contributed by atoms with Gasteiger partial charge >= 0.3 is 30.2 Å². The highest BCUT2D eigenvalue weighted by Gasteiger charge is 2.44. The highest BCUT2D eigenvalue weighted by molar-refractivity contribution is 8.12. The van der Waals surface area contributed by atoms with Crippen molar-refractivity contribution in [3.63, 3.8) is 0 Å². The van der Waals surface area contributed by atoms with Gasteiger partial charge in [-0.3, -0.25) is 20.4 Å². The van der Waals surface area contributed by atoms with Crippen LogP contribution in [0.2, 0.25) is 0 Å². The number of carbonyl (C=O) groups is 4. The van der Waals surface area contributed by atoms with E-state index in [4.69, 9.17) is 16.9 Å². The van der Waals surface area contributed by atoms with Crippen LogP contribution in [-0.2, 0) is 30.9 Å². The van der Waals surface area contributed by atoms with Crippen LogP contribution in [0.1, 0.15) is 0 Å². The van der Waals surface area contributed by atoms with Crippen LogP contribution in [0.5, 0.6) is 0 Å². The van der Waals surface area contributed by atoms with E-state index in [1.165, 1.54) is 0 Å². The third-order valence-corrected chi connectivity index (χ3v) is 4.85. The summed E-state index contributed by atoms with van der Waals surface area (Å²) in [6.07, 6.45) is -12.2. The maximum atomic E-state index is 12.6. The van der Waals surface area contributed by atoms with Gasteiger partial charge in [0.05, 0.1) is 20.5 Å². The quantitative estimate of drug-likeness (QED) is 0.252. The summed E-state index contributed by atoms with van der Waals surface area (Å²) in [5.74, 6) is -4.22. The molecular formula is C9H15F3N5O7PS. The molecule has 150 valence electrons. The number of nitrogens with one attached hydrogen (secondary N) is 4. The summed E-state index contributed by atoms with van der Waals surface area (Å²) in [5.41, 5.74) is 3.73. The number of alkyl halides is 3. The van der Waals surface area contributed by atoms with Crippen molar-refractivity contribution in [2.24, 2.45) is 0 Å². The molecule has 0 saturated carbocycles. The summed E-state index contributed by atoms with van der Waals surface area (Å²) in [6, 6.07) is 0. The molecule has 3 amide bonds. The Morgan fingerprint density at radius 1 is 1.08 bits per heavy atom. The maximum Gasteiger partial charge on any atom is 0.471 e. The van der Waals surface area contributed by atoms with Crippen molar-refractivity contribution in [2.75, 3.05) is 27.1 Å². The molecule has 0 radical (unpaired) electrons. The first kappa shape index (κ1) is 23.8. The fourth-order valence-electron chi connectivity index (χ4n) is 1.24. The molecular weight excluding hydrogens is 410 g/mol. The highest BCUT2D eigenvalue weighted by atomic mass is 32.4. The van der Waals surface area contributed by atoms with Gasteiger partial charge in [0.15, 0.2) is 0 Å². The predicted octanol–water partition coefficient (Wildman–Crippen LogP) is -0.550. The summed E-state index contributed by atoms with van der Waals surface area (Å²) in [7, 11) is 1.95. The molecule has 0 atom stereocenters. The van der Waals surface area contributed by atoms with Gasteiger partial charge in [0.25, 0.3) is 0 Å². The zero-order valence-corrected chi connectivity index (χ0v) is 15.0. The van der Waals surface area contributed by atoms with Crippen LogP contribution in [0.25, 0.3) is 0 Å². The zero-order valence-electron chi connectivity index (χ0n) is 13.2. The first-order valence-corrected chi connectivity index (χ1v) is 9.22. The summed E-state index contributed by atoms with van der Waals surface area (Å²) >= 11 is 5.00. The van der Waals surface area contributed by atoms with Crippen molar-refractivity contribution < 1.29 is 46.9 Å². The number of methoxy groups -OCH3 is 2. The van der Waals surface area contributed by atoms with E-state index in [1.54, 1.807) is 0 Å². The summed E-state index contributed by atoms with van der Waals surface area (Å²) in [4.78, 5) is 44.2. The van der Waals surface area contributed by atoms with E-state index in [1.807, 2.05) is 10.9 Å². The molecule has 0 rings (SSSR count). The number of carboxylic acids is 1. The Morgan fingerprint density at radius 3 is 1.81 bits per heavy atom. The van der Waals surface area contributed by atoms with Crippen LogP contribution in [0, 0.1) is 0 Å². The molecule has 17 heteroatoms. The van der Waals surface area contributed by atoms with Gasteiger partial charge in [0, 0.05) is 0 Å². The molecule has 12 nitrogen and oxygen atoms in total. The molecule has 0 aliphatic rings. The van der Waals surface area contributed by atoms with Crippen LogP contribution in [0.3, 0.4) is 0 Å². The van der Waals surface area contributed by atoms with Crippen LogP contribution in [0.15, 0.2) is 0 Å². The van der Waals surface area contributed by atoms with Crippen molar-refractivity contribution in [3.05, 3.63) is 0 Å². The zero-order chi connectivity index (χ0) is 20.5. The van der Waals surface area contributed by atoms with Gasteiger partial charge in [-0.1, -0.05) is 11.8 Å². The first-order valence-electron chi connectivity index (χ1n) is 6.24. The van der Waals surface area contributed by atoms with Crippen LogP contribution >= 0.6 is 6.34 Å². The van der Waals surface area contributed by atoms with Crippen molar-refractivity contribution in [2.45, 2.75) is 6.18 Å². The van der Waals surface area contributed by atoms with E-state index in [0.717, 1.165) is 14.2 Å². The molecule has 26 heavy (non-hydrogen) atoms. The van der Waals surface area contributed by atoms with E-state index < -0.39 is 49.4 Å². The molecule has 0 bridgehead atoms. The minimum atomic E-state index is -5.37. The minimum Gasteiger partial charge on any atom is -0.480 e. The Kier molecular flexibility index (Phi) is 9.26. The van der Waals surface area contributed by atoms with Crippen molar-refractivity contribution >= 4 is 42.2 Å². The molecule has 0 aliphatic heterocycles. The fraction of sp³-hybridized carbons (Fsp3) is 0.556. The fourth-order valence-corrected chi connectivity index (χ4v) is 3.38. The van der Waals surface area contributed by atoms with Gasteiger partial charge in [0.2, 0.25) is 0 Å². The number of nitrogens with zero attached hydrogens (tertiary/aromatic N) is 1. The number of hydrogen-bond acceptors (Lipinski definition) is 7. The highest BCUT2D eigenvalue weighted by Crippen LogP contribution is 2.36. The van der Waals surface area contributed by atoms with Crippen LogP contribution in [-0.4, -0.2) is 67.3 Å². The number of hydrogen-bond donors (Lipinski definition) is 5. The van der Waals surface area contributed by atoms with E-state index >= 15 is 0 Å². The normalized spacial score (nSPS) is 11.3. The van der Waals surface area contributed by atoms with Gasteiger partial charge in [-0.2, -0.15) is 23.6 Å². The third kappa shape index (κ3) is 8.80. The third-order valence-electron chi connectivity index (χ3n) is 2.27. The smallest absolute Gasteiger partial charge is 0.471 e. The van der Waals surface area contributed by atoms with Crippen molar-refractivity contribution in [3.8, 4) is 0 Å². The Bertz CT molecular complexity index is 581. The lowest BCUT2D eigenvalue weighted by Crippen LogP contribution is -2.50. The summed E-state index contributed by atoms with van der Waals surface area (Å²) in [5, 5.41) is 12.9. The number of halogens is 3. The lowest BCUT2D eigenvalue weighted by molar-refractivity contribution is -0.185. The predicted molar refractivity (Wildman–Crippen MR) is 81.9 cm³/mol. The van der Waals surface area contributed by atoms with Gasteiger partial charge in [-0.25, -0.2) is 9.59 Å². The van der Waals surface area contributed by atoms with E-state index in [2.05, 4.69) is 19.9 Å². The van der Waals surface area contributed by atoms with Crippen molar-refractivity contribution in [1.29, 1.82) is 0 Å². The number of ether oxygens (including phenoxy) is 2. The van der Waals surface area contributed by atoms with Crippen LogP contribution in [0.4, 0.5) is 22.8 Å². The van der Waals surface area contributed by atoms with Gasteiger partial charge < -0.3 is 19.5 Å². The molecule has 0 spiro atoms. The largest absolute Gasteiger partial charge is 0.480 e. The SMILES string of the molecule is COC(=O)NNP(=S)(CN(CC(=O)O)C(=O)C(F)(F)F)NNC(=O)OC. The van der Waals surface area contributed by atoms with Gasteiger partial charge in [0.1, 0.15) is 12.9 Å². The second-order valence-corrected chi connectivity index (χ2v) is 8.31. The number of carboxylic acid groups (broad SMARTS) is 1. The topological polar surface area (TPSA) is 158 Å². The monoisotopic (exact) mass is 425 g/mol. The average Bonchev–Trinajstić information content (AvgIpc) is 2.55.